The van der Waals surface area contributed by atoms with E-state index in [9.17, 15) is 24.3 Å². The minimum Gasteiger partial charge on any atom is -0.496 e. The van der Waals surface area contributed by atoms with Crippen molar-refractivity contribution in [3.63, 3.8) is 0 Å². The molecule has 3 amide bonds. The van der Waals surface area contributed by atoms with Gasteiger partial charge in [-0.1, -0.05) is 19.9 Å². The average molecular weight is 1130 g/mol. The molecule has 7 aromatic rings. The second-order valence-electron chi connectivity index (χ2n) is 19.5. The van der Waals surface area contributed by atoms with Crippen LogP contribution >= 0.6 is 15.9 Å². The molecule has 2 fully saturated rings. The molecule has 4 aromatic heterocycles. The molecule has 78 heavy (non-hydrogen) atoms. The van der Waals surface area contributed by atoms with E-state index in [4.69, 9.17) is 24.2 Å². The van der Waals surface area contributed by atoms with Crippen LogP contribution in [0.4, 0.5) is 11.4 Å². The molecule has 0 radical (unpaired) electrons. The van der Waals surface area contributed by atoms with Gasteiger partial charge in [0.1, 0.15) is 5.75 Å². The molecule has 6 N–H and O–H groups in total. The zero-order chi connectivity index (χ0) is 55.5. The quantitative estimate of drug-likeness (QED) is 0.0443. The summed E-state index contributed by atoms with van der Waals surface area (Å²) in [5, 5.41) is 36.8. The summed E-state index contributed by atoms with van der Waals surface area (Å²) in [5.74, 6) is -1.18. The van der Waals surface area contributed by atoms with E-state index in [-0.39, 0.29) is 48.5 Å². The Labute approximate surface area is 462 Å². The highest BCUT2D eigenvalue weighted by Gasteiger charge is 2.25. The van der Waals surface area contributed by atoms with Crippen LogP contribution in [0.15, 0.2) is 71.5 Å². The Hall–Kier alpha value is -7.42. The van der Waals surface area contributed by atoms with Crippen molar-refractivity contribution in [3.8, 4) is 5.75 Å². The van der Waals surface area contributed by atoms with Crippen molar-refractivity contribution in [1.29, 1.82) is 0 Å². The number of carboxylic acid groups (broad SMARTS) is 1. The van der Waals surface area contributed by atoms with Gasteiger partial charge in [0.05, 0.1) is 51.7 Å². The molecule has 3 aromatic carbocycles. The molecular weight excluding hydrogens is 1060 g/mol. The van der Waals surface area contributed by atoms with Gasteiger partial charge in [-0.15, -0.1) is 0 Å². The number of fused-ring (bicyclic) bond motifs is 2. The molecule has 19 nitrogen and oxygen atoms in total. The predicted molar refractivity (Wildman–Crippen MR) is 304 cm³/mol. The summed E-state index contributed by atoms with van der Waals surface area (Å²) in [4.78, 5) is 60.8. The molecule has 6 heterocycles. The number of nitrogens with zero attached hydrogens (tertiary/aromatic N) is 6. The Bertz CT molecular complexity index is 3310. The number of hydrogen-bond acceptors (Lipinski definition) is 13. The van der Waals surface area contributed by atoms with Crippen LogP contribution in [-0.4, -0.2) is 104 Å². The first-order valence-electron chi connectivity index (χ1n) is 26.8. The van der Waals surface area contributed by atoms with Crippen molar-refractivity contribution in [2.24, 2.45) is 0 Å². The van der Waals surface area contributed by atoms with E-state index >= 15 is 0 Å². The number of halogens is 1. The lowest BCUT2D eigenvalue weighted by Crippen LogP contribution is -2.30. The zero-order valence-corrected chi connectivity index (χ0v) is 47.1. The van der Waals surface area contributed by atoms with Crippen LogP contribution in [0, 0.1) is 13.8 Å². The van der Waals surface area contributed by atoms with Crippen molar-refractivity contribution >= 4 is 73.1 Å². The van der Waals surface area contributed by atoms with Gasteiger partial charge in [-0.05, 0) is 147 Å². The third-order valence-corrected chi connectivity index (χ3v) is 14.7. The number of ether oxygens (including phenoxy) is 3. The third-order valence-electron chi connectivity index (χ3n) is 14.1. The van der Waals surface area contributed by atoms with E-state index in [1.165, 1.54) is 6.07 Å². The standard InChI is InChI=1S/C33H39BrN6O4.C25H31N5O4/c1-5-28-25(30(38-24-9-11-44-12-10-24)26-19-37-40(6-2)31(26)39-28)18-36-33(42)23-14-20(3)13-22(16-23)32(41)35-17-21-7-8-29(43-4)27(34)15-21;1-4-21-19(13-26-24(31)16-10-15(3)11-17(12-16)25(32)33)22(28-18-6-8-34-9-7-18)20-14-27-30(5-2)23(20)29-21/h7-8,13-16,19,24H,5-6,9-12,17-18H2,1-4H3,(H,35,41)(H,36,42)(H,38,39);10-12,14,18H,4-9,13H2,1-3H3,(H,26,31)(H,28,29)(H,32,33). The number of carboxylic acids is 1. The monoisotopic (exact) mass is 1130 g/mol. The van der Waals surface area contributed by atoms with E-state index in [0.29, 0.717) is 75.6 Å². The Kier molecular flexibility index (Phi) is 19.1. The number of amides is 3. The van der Waals surface area contributed by atoms with Crippen LogP contribution in [0.25, 0.3) is 22.1 Å². The van der Waals surface area contributed by atoms with Gasteiger partial charge in [-0.3, -0.25) is 14.4 Å². The summed E-state index contributed by atoms with van der Waals surface area (Å²) in [6.07, 6.45) is 8.71. The first kappa shape index (κ1) is 56.8. The number of methoxy groups -OCH3 is 1. The van der Waals surface area contributed by atoms with Gasteiger partial charge in [-0.25, -0.2) is 24.1 Å². The maximum absolute atomic E-state index is 13.5. The molecule has 2 saturated heterocycles. The molecule has 0 unspecified atom stereocenters. The van der Waals surface area contributed by atoms with E-state index in [1.54, 1.807) is 44.4 Å². The summed E-state index contributed by atoms with van der Waals surface area (Å²) in [6, 6.07) is 16.0. The van der Waals surface area contributed by atoms with Crippen LogP contribution in [0.5, 0.6) is 5.75 Å². The highest BCUT2D eigenvalue weighted by atomic mass is 79.9. The molecule has 20 heteroatoms. The van der Waals surface area contributed by atoms with Crippen LogP contribution < -0.4 is 31.3 Å². The summed E-state index contributed by atoms with van der Waals surface area (Å²) in [7, 11) is 1.61. The topological polar surface area (TPSA) is 238 Å². The smallest absolute Gasteiger partial charge is 0.335 e. The lowest BCUT2D eigenvalue weighted by atomic mass is 10.0. The fraction of sp³-hybridized carbons (Fsp3) is 0.414. The molecule has 0 atom stereocenters. The number of aromatic carboxylic acids is 1. The van der Waals surface area contributed by atoms with Gasteiger partial charge >= 0.3 is 5.97 Å². The predicted octanol–water partition coefficient (Wildman–Crippen LogP) is 9.09. The molecule has 2 aliphatic rings. The molecule has 2 aliphatic heterocycles. The number of aryl methyl sites for hydroxylation is 6. The van der Waals surface area contributed by atoms with Crippen LogP contribution in [0.3, 0.4) is 0 Å². The normalized spacial score (nSPS) is 13.9. The largest absolute Gasteiger partial charge is 0.496 e. The van der Waals surface area contributed by atoms with Gasteiger partial charge in [0.25, 0.3) is 17.7 Å². The average Bonchev–Trinajstić information content (AvgIpc) is 4.16. The summed E-state index contributed by atoms with van der Waals surface area (Å²) >= 11 is 3.48. The van der Waals surface area contributed by atoms with Gasteiger partial charge in [-0.2, -0.15) is 10.2 Å². The SMILES string of the molecule is CCc1nc2c(cnn2CC)c(NC2CCOCC2)c1CNC(=O)c1cc(C)cc(C(=O)NCc2ccc(OC)c(Br)c2)c1.CCc1nc2c(cnn2CC)c(NC2CCOCC2)c1CNC(=O)c1cc(C)cc(C(=O)O)c1. The lowest BCUT2D eigenvalue weighted by molar-refractivity contribution is 0.0696. The Morgan fingerprint density at radius 2 is 1.05 bits per heavy atom. The fourth-order valence-corrected chi connectivity index (χ4v) is 10.5. The molecule has 9 rings (SSSR count). The van der Waals surface area contributed by atoms with Crippen molar-refractivity contribution in [2.45, 2.75) is 125 Å². The van der Waals surface area contributed by atoms with Gasteiger partial charge < -0.3 is 45.9 Å². The second kappa shape index (κ2) is 26.3. The van der Waals surface area contributed by atoms with E-state index in [0.717, 1.165) is 109 Å². The van der Waals surface area contributed by atoms with E-state index in [1.807, 2.05) is 67.7 Å². The lowest BCUT2D eigenvalue weighted by Gasteiger charge is -2.26. The molecule has 0 aliphatic carbocycles. The van der Waals surface area contributed by atoms with Crippen LogP contribution in [0.1, 0.15) is 134 Å². The second-order valence-corrected chi connectivity index (χ2v) is 20.3. The summed E-state index contributed by atoms with van der Waals surface area (Å²) in [6.45, 7) is 17.0. The number of aromatic nitrogens is 6. The number of anilines is 2. The maximum atomic E-state index is 13.5. The number of nitrogens with one attached hydrogen (secondary N) is 5. The summed E-state index contributed by atoms with van der Waals surface area (Å²) in [5.41, 5.74) is 11.0. The van der Waals surface area contributed by atoms with Crippen LogP contribution in [-0.2, 0) is 55.0 Å². The number of carbonyl (C=O) groups is 4. The Balaban J connectivity index is 0.000000213. The minimum atomic E-state index is -1.06. The number of pyridine rings is 2. The minimum absolute atomic E-state index is 0.0938. The van der Waals surface area contributed by atoms with E-state index in [2.05, 4.69) is 59.6 Å². The number of hydrogen-bond donors (Lipinski definition) is 6. The third kappa shape index (κ3) is 13.5. The summed E-state index contributed by atoms with van der Waals surface area (Å²) < 4.78 is 21.0. The molecule has 0 spiro atoms. The highest BCUT2D eigenvalue weighted by Crippen LogP contribution is 2.33. The maximum Gasteiger partial charge on any atom is 0.335 e. The Morgan fingerprint density at radius 3 is 1.45 bits per heavy atom. The zero-order valence-electron chi connectivity index (χ0n) is 45.5. The van der Waals surface area contributed by atoms with Crippen molar-refractivity contribution in [2.75, 3.05) is 44.2 Å². The number of benzene rings is 3. The molecule has 0 bridgehead atoms. The highest BCUT2D eigenvalue weighted by molar-refractivity contribution is 9.10. The van der Waals surface area contributed by atoms with Gasteiger partial charge in [0, 0.05) is 110 Å². The number of rotatable bonds is 19. The van der Waals surface area contributed by atoms with Gasteiger partial charge in [0.2, 0.25) is 0 Å². The molecule has 0 saturated carbocycles. The first-order chi connectivity index (χ1) is 37.7. The van der Waals surface area contributed by atoms with E-state index < -0.39 is 5.97 Å². The van der Waals surface area contributed by atoms with Crippen molar-refractivity contribution in [1.82, 2.24) is 45.5 Å². The van der Waals surface area contributed by atoms with Gasteiger partial charge in [0.15, 0.2) is 11.3 Å². The van der Waals surface area contributed by atoms with Crippen molar-refractivity contribution in [3.05, 3.63) is 133 Å². The fourth-order valence-electron chi connectivity index (χ4n) is 9.93. The molecular formula is C58H70BrN11O8. The van der Waals surface area contributed by atoms with Crippen LogP contribution in [0.2, 0.25) is 0 Å². The molecule has 412 valence electrons. The number of carbonyl (C=O) groups excluding carboxylic acids is 3. The first-order valence-corrected chi connectivity index (χ1v) is 27.6. The Morgan fingerprint density at radius 1 is 0.628 bits per heavy atom. The van der Waals surface area contributed by atoms with Crippen molar-refractivity contribution < 1.29 is 38.5 Å².